The van der Waals surface area contributed by atoms with Gasteiger partial charge in [-0.1, -0.05) is 61.2 Å². The predicted octanol–water partition coefficient (Wildman–Crippen LogP) is 6.07. The third-order valence-electron chi connectivity index (χ3n) is 8.38. The Morgan fingerprint density at radius 2 is 1.76 bits per heavy atom. The number of nitrogens with zero attached hydrogens (tertiary/aromatic N) is 4. The first-order valence-corrected chi connectivity index (χ1v) is 17.6. The van der Waals surface area contributed by atoms with Crippen molar-refractivity contribution in [2.75, 3.05) is 56.2 Å². The lowest BCUT2D eigenvalue weighted by Gasteiger charge is -2.28. The van der Waals surface area contributed by atoms with Crippen molar-refractivity contribution in [2.45, 2.75) is 31.4 Å². The minimum absolute atomic E-state index is 0.0342. The molecule has 3 aromatic carbocycles. The van der Waals surface area contributed by atoms with Crippen molar-refractivity contribution >= 4 is 51.7 Å². The van der Waals surface area contributed by atoms with Crippen LogP contribution >= 0.6 is 11.8 Å². The Morgan fingerprint density at radius 3 is 2.45 bits per heavy atom. The second-order valence-electron chi connectivity index (χ2n) is 12.0. The summed E-state index contributed by atoms with van der Waals surface area (Å²) in [7, 11) is 0. The van der Waals surface area contributed by atoms with E-state index in [2.05, 4.69) is 22.3 Å². The molecule has 1 N–H and O–H groups in total. The fourth-order valence-electron chi connectivity index (χ4n) is 5.82. The minimum atomic E-state index is -0.508. The molecule has 0 aliphatic carbocycles. The van der Waals surface area contributed by atoms with Crippen molar-refractivity contribution in [2.24, 2.45) is 4.99 Å². The predicted molar refractivity (Wildman–Crippen MR) is 194 cm³/mol. The molecule has 0 saturated carbocycles. The average molecular weight is 680 g/mol. The molecule has 3 heterocycles. The molecule has 1 atom stereocenters. The van der Waals surface area contributed by atoms with Gasteiger partial charge in [0.2, 0.25) is 17.7 Å². The fourth-order valence-corrected chi connectivity index (χ4v) is 7.00. The van der Waals surface area contributed by atoms with Gasteiger partial charge in [-0.3, -0.25) is 19.3 Å². The largest absolute Gasteiger partial charge is 0.468 e. The van der Waals surface area contributed by atoms with Gasteiger partial charge in [0, 0.05) is 31.0 Å². The Balaban J connectivity index is 1.13. The van der Waals surface area contributed by atoms with Crippen LogP contribution in [0.2, 0.25) is 0 Å². The number of carbonyl (C=O) groups is 3. The van der Waals surface area contributed by atoms with E-state index in [1.165, 1.54) is 11.8 Å². The van der Waals surface area contributed by atoms with Crippen LogP contribution in [0.1, 0.15) is 36.1 Å². The van der Waals surface area contributed by atoms with Gasteiger partial charge in [0.15, 0.2) is 5.17 Å². The van der Waals surface area contributed by atoms with Crippen LogP contribution in [-0.4, -0.2) is 78.6 Å². The molecule has 3 aliphatic rings. The molecule has 3 aliphatic heterocycles. The van der Waals surface area contributed by atoms with Gasteiger partial charge in [-0.05, 0) is 72.5 Å². The molecule has 0 bridgehead atoms. The zero-order chi connectivity index (χ0) is 34.0. The van der Waals surface area contributed by atoms with Crippen molar-refractivity contribution in [3.05, 3.63) is 114 Å². The van der Waals surface area contributed by atoms with Gasteiger partial charge in [0.25, 0.3) is 0 Å². The number of hydrogen-bond donors (Lipinski definition) is 1. The van der Waals surface area contributed by atoms with Gasteiger partial charge in [-0.15, -0.1) is 0 Å². The van der Waals surface area contributed by atoms with Crippen LogP contribution in [0.25, 0.3) is 0 Å². The molecular formula is C38H41N5O5S. The lowest BCUT2D eigenvalue weighted by molar-refractivity contribution is -0.134. The number of thioether (sulfide) groups is 1. The molecule has 3 amide bonds. The van der Waals surface area contributed by atoms with Gasteiger partial charge in [0.1, 0.15) is 11.0 Å². The lowest BCUT2D eigenvalue weighted by Crippen LogP contribution is -2.39. The maximum absolute atomic E-state index is 13.9. The van der Waals surface area contributed by atoms with E-state index < -0.39 is 5.25 Å². The molecule has 0 radical (unpaired) electrons. The van der Waals surface area contributed by atoms with Crippen molar-refractivity contribution in [3.63, 3.8) is 0 Å². The highest BCUT2D eigenvalue weighted by molar-refractivity contribution is 8.15. The Labute approximate surface area is 291 Å². The number of morpholine rings is 1. The number of hydrogen-bond acceptors (Lipinski definition) is 8. The van der Waals surface area contributed by atoms with Crippen LogP contribution in [0, 0.1) is 0 Å². The zero-order valence-corrected chi connectivity index (χ0v) is 28.4. The summed E-state index contributed by atoms with van der Waals surface area (Å²) < 4.78 is 11.2. The number of allylic oxidation sites excluding steroid dienone is 2. The third kappa shape index (κ3) is 8.98. The topological polar surface area (TPSA) is 104 Å². The standard InChI is InChI=1S/C38H41N5O5S/c1-2-19-42(35(45)25-28-8-4-3-5-9-28)27-34(44)39-30-13-11-29(12-14-30)36-37(46)43(26-33-10-6-7-22-48-33)38(49-36)40-31-15-17-32(18-16-31)41-20-23-47-24-21-41/h3-5,7-18,22,36H,2,6,19-21,23-27H2,1H3,(H,39,44). The number of carbonyl (C=O) groups excluding carboxylic acids is 3. The number of anilines is 2. The quantitative estimate of drug-likeness (QED) is 0.248. The van der Waals surface area contributed by atoms with Gasteiger partial charge in [-0.25, -0.2) is 4.99 Å². The summed E-state index contributed by atoms with van der Waals surface area (Å²) in [4.78, 5) is 50.3. The maximum Gasteiger partial charge on any atom is 0.247 e. The molecule has 10 nitrogen and oxygen atoms in total. The van der Waals surface area contributed by atoms with Crippen LogP contribution in [-0.2, 0) is 30.3 Å². The van der Waals surface area contributed by atoms with Gasteiger partial charge in [-0.2, -0.15) is 0 Å². The number of ether oxygens (including phenoxy) is 2. The average Bonchev–Trinajstić information content (AvgIpc) is 3.43. The van der Waals surface area contributed by atoms with E-state index >= 15 is 0 Å². The second kappa shape index (κ2) is 16.5. The molecule has 49 heavy (non-hydrogen) atoms. The summed E-state index contributed by atoms with van der Waals surface area (Å²) in [6, 6.07) is 24.9. The van der Waals surface area contributed by atoms with Crippen LogP contribution in [0.4, 0.5) is 17.1 Å². The molecule has 6 rings (SSSR count). The Hall–Kier alpha value is -4.87. The van der Waals surface area contributed by atoms with E-state index in [-0.39, 0.29) is 37.2 Å². The highest BCUT2D eigenvalue weighted by atomic mass is 32.2. The summed E-state index contributed by atoms with van der Waals surface area (Å²) in [5.41, 5.74) is 4.18. The van der Waals surface area contributed by atoms with Crippen LogP contribution in [0.5, 0.6) is 0 Å². The van der Waals surface area contributed by atoms with Crippen LogP contribution in [0.15, 0.2) is 108 Å². The minimum Gasteiger partial charge on any atom is -0.468 e. The van der Waals surface area contributed by atoms with E-state index in [1.807, 2.05) is 73.7 Å². The number of aliphatic imine (C=N–C) groups is 1. The van der Waals surface area contributed by atoms with Crippen LogP contribution in [0.3, 0.4) is 0 Å². The summed E-state index contributed by atoms with van der Waals surface area (Å²) in [5.74, 6) is 0.251. The number of benzene rings is 3. The molecule has 0 aromatic heterocycles. The first-order chi connectivity index (χ1) is 24.0. The van der Waals surface area contributed by atoms with E-state index in [4.69, 9.17) is 14.5 Å². The van der Waals surface area contributed by atoms with E-state index in [9.17, 15) is 14.4 Å². The van der Waals surface area contributed by atoms with Crippen molar-refractivity contribution < 1.29 is 23.9 Å². The summed E-state index contributed by atoms with van der Waals surface area (Å²) in [5, 5.41) is 3.00. The smallest absolute Gasteiger partial charge is 0.247 e. The second-order valence-corrected chi connectivity index (χ2v) is 13.0. The van der Waals surface area contributed by atoms with Gasteiger partial charge < -0.3 is 24.6 Å². The highest BCUT2D eigenvalue weighted by Crippen LogP contribution is 2.41. The molecule has 254 valence electrons. The number of nitrogens with one attached hydrogen (secondary N) is 1. The fraction of sp³-hybridized carbons (Fsp3) is 0.316. The molecular weight excluding hydrogens is 639 g/mol. The molecule has 3 aromatic rings. The first-order valence-electron chi connectivity index (χ1n) is 16.7. The highest BCUT2D eigenvalue weighted by Gasteiger charge is 2.39. The van der Waals surface area contributed by atoms with E-state index in [0.29, 0.717) is 36.4 Å². The number of amides is 3. The molecule has 0 spiro atoms. The Morgan fingerprint density at radius 1 is 1.00 bits per heavy atom. The van der Waals surface area contributed by atoms with E-state index in [0.717, 1.165) is 48.4 Å². The number of rotatable bonds is 12. The molecule has 2 fully saturated rings. The van der Waals surface area contributed by atoms with Crippen molar-refractivity contribution in [1.82, 2.24) is 9.80 Å². The SMILES string of the molecule is CCCN(CC(=O)Nc1ccc(C2SC(=Nc3ccc(N4CCOCC4)cc3)N(CC3=CCC=CO3)C2=O)cc1)C(=O)Cc1ccccc1. The summed E-state index contributed by atoms with van der Waals surface area (Å²) in [6.07, 6.45) is 7.27. The normalized spacial score (nSPS) is 18.3. The monoisotopic (exact) mass is 679 g/mol. The zero-order valence-electron chi connectivity index (χ0n) is 27.6. The molecule has 11 heteroatoms. The van der Waals surface area contributed by atoms with Crippen molar-refractivity contribution in [1.29, 1.82) is 0 Å². The summed E-state index contributed by atoms with van der Waals surface area (Å²) >= 11 is 1.40. The lowest BCUT2D eigenvalue weighted by atomic mass is 10.1. The molecule has 1 unspecified atom stereocenters. The number of amidine groups is 1. The van der Waals surface area contributed by atoms with E-state index in [1.54, 1.807) is 28.2 Å². The van der Waals surface area contributed by atoms with Gasteiger partial charge in [0.05, 0.1) is 44.7 Å². The Kier molecular flexibility index (Phi) is 11.4. The van der Waals surface area contributed by atoms with Crippen LogP contribution < -0.4 is 10.2 Å². The first kappa shape index (κ1) is 34.0. The Bertz CT molecular complexity index is 1700. The molecule has 2 saturated heterocycles. The van der Waals surface area contributed by atoms with Gasteiger partial charge >= 0.3 is 0 Å². The van der Waals surface area contributed by atoms with Crippen molar-refractivity contribution in [3.8, 4) is 0 Å². The summed E-state index contributed by atoms with van der Waals surface area (Å²) in [6.45, 7) is 5.86. The third-order valence-corrected chi connectivity index (χ3v) is 9.61. The maximum atomic E-state index is 13.9.